The van der Waals surface area contributed by atoms with Gasteiger partial charge in [-0.1, -0.05) is 12.1 Å². The molecule has 7 heteroatoms. The molecule has 2 N–H and O–H groups in total. The maximum absolute atomic E-state index is 12.1. The molecule has 3 amide bonds. The van der Waals surface area contributed by atoms with Crippen LogP contribution in [0.1, 0.15) is 24.5 Å². The number of aryl methyl sites for hydroxylation is 1. The number of amides is 3. The van der Waals surface area contributed by atoms with Crippen molar-refractivity contribution in [3.63, 3.8) is 0 Å². The molecular weight excluding hydrogens is 322 g/mol. The van der Waals surface area contributed by atoms with Gasteiger partial charge in [-0.2, -0.15) is 0 Å². The Morgan fingerprint density at radius 1 is 1.32 bits per heavy atom. The van der Waals surface area contributed by atoms with Crippen molar-refractivity contribution in [3.05, 3.63) is 29.3 Å². The van der Waals surface area contributed by atoms with Crippen molar-refractivity contribution in [3.8, 4) is 5.75 Å². The van der Waals surface area contributed by atoms with Crippen molar-refractivity contribution in [2.24, 2.45) is 0 Å². The zero-order chi connectivity index (χ0) is 18.1. The van der Waals surface area contributed by atoms with E-state index in [1.54, 1.807) is 12.0 Å². The molecule has 1 aromatic rings. The molecule has 0 fully saturated rings. The predicted octanol–water partition coefficient (Wildman–Crippen LogP) is 1.31. The van der Waals surface area contributed by atoms with Gasteiger partial charge in [-0.3, -0.25) is 4.79 Å². The van der Waals surface area contributed by atoms with E-state index in [-0.39, 0.29) is 11.9 Å². The second-order valence-electron chi connectivity index (χ2n) is 5.89. The van der Waals surface area contributed by atoms with Crippen molar-refractivity contribution in [2.45, 2.75) is 26.3 Å². The molecule has 1 heterocycles. The molecule has 7 nitrogen and oxygen atoms in total. The summed E-state index contributed by atoms with van der Waals surface area (Å²) in [5, 5.41) is 5.63. The summed E-state index contributed by atoms with van der Waals surface area (Å²) in [5.41, 5.74) is 2.03. The average molecular weight is 349 g/mol. The number of methoxy groups -OCH3 is 1. The van der Waals surface area contributed by atoms with Gasteiger partial charge >= 0.3 is 6.03 Å². The zero-order valence-corrected chi connectivity index (χ0v) is 15.0. The highest BCUT2D eigenvalue weighted by Crippen LogP contribution is 2.25. The third-order valence-electron chi connectivity index (χ3n) is 3.99. The fourth-order valence-electron chi connectivity index (χ4n) is 2.68. The second kappa shape index (κ2) is 9.88. The van der Waals surface area contributed by atoms with Crippen LogP contribution in [0.5, 0.6) is 5.75 Å². The van der Waals surface area contributed by atoms with E-state index in [1.165, 1.54) is 0 Å². The van der Waals surface area contributed by atoms with Crippen LogP contribution < -0.4 is 15.4 Å². The minimum atomic E-state index is -0.0816. The number of urea groups is 1. The molecule has 0 spiro atoms. The number of nitrogens with one attached hydrogen (secondary N) is 2. The molecule has 1 aliphatic heterocycles. The zero-order valence-electron chi connectivity index (χ0n) is 15.0. The van der Waals surface area contributed by atoms with E-state index < -0.39 is 0 Å². The first-order valence-corrected chi connectivity index (χ1v) is 8.67. The molecule has 0 saturated heterocycles. The highest BCUT2D eigenvalue weighted by atomic mass is 16.5. The van der Waals surface area contributed by atoms with E-state index in [9.17, 15) is 9.59 Å². The summed E-state index contributed by atoms with van der Waals surface area (Å²) in [6.45, 7) is 5.07. The summed E-state index contributed by atoms with van der Waals surface area (Å²) in [5.74, 6) is 0.812. The van der Waals surface area contributed by atoms with Gasteiger partial charge in [-0.25, -0.2) is 4.79 Å². The summed E-state index contributed by atoms with van der Waals surface area (Å²) < 4.78 is 10.6. The number of fused-ring (bicyclic) bond motifs is 1. The first-order valence-electron chi connectivity index (χ1n) is 8.67. The third-order valence-corrected chi connectivity index (χ3v) is 3.99. The lowest BCUT2D eigenvalue weighted by Crippen LogP contribution is -2.40. The quantitative estimate of drug-likeness (QED) is 0.728. The summed E-state index contributed by atoms with van der Waals surface area (Å²) in [6, 6.07) is 5.84. The van der Waals surface area contributed by atoms with Gasteiger partial charge in [0.2, 0.25) is 5.91 Å². The Kier molecular flexibility index (Phi) is 7.53. The maximum atomic E-state index is 12.1. The van der Waals surface area contributed by atoms with E-state index in [1.807, 2.05) is 25.1 Å². The summed E-state index contributed by atoms with van der Waals surface area (Å²) >= 11 is 0. The Morgan fingerprint density at radius 3 is 2.92 bits per heavy atom. The van der Waals surface area contributed by atoms with Crippen molar-refractivity contribution in [1.29, 1.82) is 0 Å². The first kappa shape index (κ1) is 19.1. The number of benzene rings is 1. The first-order chi connectivity index (χ1) is 12.1. The van der Waals surface area contributed by atoms with E-state index in [2.05, 4.69) is 10.6 Å². The largest absolute Gasteiger partial charge is 0.491 e. The minimum Gasteiger partial charge on any atom is -0.491 e. The van der Waals surface area contributed by atoms with Crippen LogP contribution in [0.2, 0.25) is 0 Å². The standard InChI is InChI=1S/C18H27N3O4/c1-3-19-18(23)21-9-11-25-16-6-4-14(12-15(16)13-21)5-7-17(22)20-8-10-24-2/h4,6,12H,3,5,7-11,13H2,1-2H3,(H,19,23)(H,20,22). The van der Waals surface area contributed by atoms with E-state index in [4.69, 9.17) is 9.47 Å². The highest BCUT2D eigenvalue weighted by molar-refractivity contribution is 5.76. The molecule has 0 radical (unpaired) electrons. The minimum absolute atomic E-state index is 0.00666. The number of ether oxygens (including phenoxy) is 2. The predicted molar refractivity (Wildman–Crippen MR) is 94.6 cm³/mol. The SMILES string of the molecule is CCNC(=O)N1CCOc2ccc(CCC(=O)NCCOC)cc2C1. The average Bonchev–Trinajstić information content (AvgIpc) is 2.82. The maximum Gasteiger partial charge on any atom is 0.317 e. The van der Waals surface area contributed by atoms with Crippen LogP contribution in [0, 0.1) is 0 Å². The van der Waals surface area contributed by atoms with E-state index >= 15 is 0 Å². The summed E-state index contributed by atoms with van der Waals surface area (Å²) in [7, 11) is 1.61. The summed E-state index contributed by atoms with van der Waals surface area (Å²) in [6.07, 6.45) is 1.07. The molecule has 0 saturated carbocycles. The molecule has 0 bridgehead atoms. The number of rotatable bonds is 7. The molecule has 138 valence electrons. The van der Waals surface area contributed by atoms with Crippen LogP contribution in [0.3, 0.4) is 0 Å². The van der Waals surface area contributed by atoms with Gasteiger partial charge in [0.05, 0.1) is 19.7 Å². The van der Waals surface area contributed by atoms with Crippen molar-refractivity contribution in [1.82, 2.24) is 15.5 Å². The van der Waals surface area contributed by atoms with Gasteiger partial charge in [0.1, 0.15) is 12.4 Å². The summed E-state index contributed by atoms with van der Waals surface area (Å²) in [4.78, 5) is 25.6. The molecule has 0 aliphatic carbocycles. The normalized spacial score (nSPS) is 13.4. The van der Waals surface area contributed by atoms with Gasteiger partial charge in [-0.15, -0.1) is 0 Å². The second-order valence-corrected chi connectivity index (χ2v) is 5.89. The van der Waals surface area contributed by atoms with Crippen LogP contribution in [-0.2, 0) is 22.5 Å². The van der Waals surface area contributed by atoms with Crippen LogP contribution in [0.15, 0.2) is 18.2 Å². The monoisotopic (exact) mass is 349 g/mol. The number of carbonyl (C=O) groups is 2. The Morgan fingerprint density at radius 2 is 2.16 bits per heavy atom. The number of carbonyl (C=O) groups excluding carboxylic acids is 2. The van der Waals surface area contributed by atoms with E-state index in [0.29, 0.717) is 52.2 Å². The van der Waals surface area contributed by atoms with Crippen molar-refractivity contribution < 1.29 is 19.1 Å². The van der Waals surface area contributed by atoms with E-state index in [0.717, 1.165) is 16.9 Å². The van der Waals surface area contributed by atoms with Gasteiger partial charge in [0.15, 0.2) is 0 Å². The molecular formula is C18H27N3O4. The lowest BCUT2D eigenvalue weighted by molar-refractivity contribution is -0.121. The Bertz CT molecular complexity index is 592. The molecule has 0 unspecified atom stereocenters. The number of nitrogens with zero attached hydrogens (tertiary/aromatic N) is 1. The molecule has 0 aromatic heterocycles. The Balaban J connectivity index is 1.95. The van der Waals surface area contributed by atoms with Crippen LogP contribution in [-0.4, -0.2) is 56.8 Å². The molecule has 25 heavy (non-hydrogen) atoms. The van der Waals surface area contributed by atoms with Gasteiger partial charge < -0.3 is 25.0 Å². The van der Waals surface area contributed by atoms with Gasteiger partial charge in [-0.05, 0) is 25.0 Å². The highest BCUT2D eigenvalue weighted by Gasteiger charge is 2.19. The fraction of sp³-hybridized carbons (Fsp3) is 0.556. The Labute approximate surface area is 148 Å². The fourth-order valence-corrected chi connectivity index (χ4v) is 2.68. The van der Waals surface area contributed by atoms with Gasteiger partial charge in [0.25, 0.3) is 0 Å². The van der Waals surface area contributed by atoms with Crippen molar-refractivity contribution >= 4 is 11.9 Å². The van der Waals surface area contributed by atoms with Crippen LogP contribution >= 0.6 is 0 Å². The van der Waals surface area contributed by atoms with Crippen molar-refractivity contribution in [2.75, 3.05) is 40.0 Å². The molecule has 2 rings (SSSR count). The lowest BCUT2D eigenvalue weighted by atomic mass is 10.0. The molecule has 1 aromatic carbocycles. The molecule has 0 atom stereocenters. The number of hydrogen-bond donors (Lipinski definition) is 2. The number of hydrogen-bond acceptors (Lipinski definition) is 4. The van der Waals surface area contributed by atoms with Crippen LogP contribution in [0.25, 0.3) is 0 Å². The Hall–Kier alpha value is -2.28. The molecule has 1 aliphatic rings. The van der Waals surface area contributed by atoms with Gasteiger partial charge in [0, 0.05) is 32.2 Å². The lowest BCUT2D eigenvalue weighted by Gasteiger charge is -2.20. The van der Waals surface area contributed by atoms with Crippen LogP contribution in [0.4, 0.5) is 4.79 Å². The topological polar surface area (TPSA) is 79.9 Å². The smallest absolute Gasteiger partial charge is 0.317 e. The third kappa shape index (κ3) is 5.94.